The Morgan fingerprint density at radius 1 is 1.19 bits per heavy atom. The van der Waals surface area contributed by atoms with Crippen LogP contribution in [-0.4, -0.2) is 23.0 Å². The van der Waals surface area contributed by atoms with Crippen molar-refractivity contribution in [2.24, 2.45) is 11.0 Å². The molecule has 0 aromatic heterocycles. The van der Waals surface area contributed by atoms with Crippen molar-refractivity contribution in [2.75, 3.05) is 5.32 Å². The van der Waals surface area contributed by atoms with Crippen molar-refractivity contribution in [1.82, 2.24) is 5.43 Å². The van der Waals surface area contributed by atoms with Gasteiger partial charge in [0.1, 0.15) is 5.02 Å². The number of benzene rings is 2. The van der Waals surface area contributed by atoms with Crippen molar-refractivity contribution in [1.29, 1.82) is 0 Å². The fourth-order valence-electron chi connectivity index (χ4n) is 1.97. The number of halogens is 1. The maximum Gasteiger partial charge on any atom is 0.288 e. The van der Waals surface area contributed by atoms with E-state index in [0.717, 1.165) is 0 Å². The van der Waals surface area contributed by atoms with Gasteiger partial charge in [-0.05, 0) is 30.3 Å². The van der Waals surface area contributed by atoms with Crippen LogP contribution in [0.5, 0.6) is 0 Å². The molecule has 2 aromatic carbocycles. The predicted molar refractivity (Wildman–Crippen MR) is 103 cm³/mol. The van der Waals surface area contributed by atoms with Crippen LogP contribution in [0.25, 0.3) is 0 Å². The minimum absolute atomic E-state index is 0.0193. The zero-order chi connectivity index (χ0) is 20.0. The van der Waals surface area contributed by atoms with Crippen LogP contribution in [0.1, 0.15) is 29.8 Å². The molecule has 9 heteroatoms. The Morgan fingerprint density at radius 3 is 2.44 bits per heavy atom. The third-order valence-corrected chi connectivity index (χ3v) is 3.81. The van der Waals surface area contributed by atoms with Crippen molar-refractivity contribution in [3.63, 3.8) is 0 Å². The van der Waals surface area contributed by atoms with Gasteiger partial charge in [-0.15, -0.1) is 0 Å². The molecule has 2 amide bonds. The number of carbonyl (C=O) groups excluding carboxylic acids is 2. The number of hydrogen-bond acceptors (Lipinski definition) is 5. The third-order valence-electron chi connectivity index (χ3n) is 3.49. The summed E-state index contributed by atoms with van der Waals surface area (Å²) in [4.78, 5) is 34.0. The molecule has 2 aromatic rings. The van der Waals surface area contributed by atoms with Crippen LogP contribution < -0.4 is 10.7 Å². The normalized spacial score (nSPS) is 10.8. The van der Waals surface area contributed by atoms with Gasteiger partial charge in [0.25, 0.3) is 11.6 Å². The summed E-state index contributed by atoms with van der Waals surface area (Å²) in [6.07, 6.45) is 1.28. The highest BCUT2D eigenvalue weighted by atomic mass is 35.5. The van der Waals surface area contributed by atoms with E-state index in [1.54, 1.807) is 38.1 Å². The SMILES string of the molecule is CC(C)C(=O)Nc1ccc(C(=O)NN=Cc2ccc(Cl)c([N+](=O)[O-])c2)cc1. The van der Waals surface area contributed by atoms with Crippen molar-refractivity contribution in [2.45, 2.75) is 13.8 Å². The molecule has 0 atom stereocenters. The Balaban J connectivity index is 1.99. The average molecular weight is 389 g/mol. The molecule has 0 heterocycles. The maximum absolute atomic E-state index is 12.1. The molecule has 0 aliphatic rings. The Kier molecular flexibility index (Phi) is 6.62. The van der Waals surface area contributed by atoms with Crippen molar-refractivity contribution < 1.29 is 14.5 Å². The number of nitrogens with one attached hydrogen (secondary N) is 2. The second-order valence-corrected chi connectivity index (χ2v) is 6.30. The zero-order valence-electron chi connectivity index (χ0n) is 14.6. The van der Waals surface area contributed by atoms with Crippen LogP contribution in [0.4, 0.5) is 11.4 Å². The molecule has 2 rings (SSSR count). The van der Waals surface area contributed by atoms with Crippen molar-refractivity contribution in [3.8, 4) is 0 Å². The van der Waals surface area contributed by atoms with E-state index in [-0.39, 0.29) is 22.5 Å². The maximum atomic E-state index is 12.1. The molecule has 0 radical (unpaired) electrons. The van der Waals surface area contributed by atoms with Gasteiger partial charge in [-0.1, -0.05) is 31.5 Å². The van der Waals surface area contributed by atoms with E-state index >= 15 is 0 Å². The van der Waals surface area contributed by atoms with Crippen LogP contribution in [0.3, 0.4) is 0 Å². The number of anilines is 1. The average Bonchev–Trinajstić information content (AvgIpc) is 2.63. The summed E-state index contributed by atoms with van der Waals surface area (Å²) in [6, 6.07) is 10.5. The number of nitrogens with zero attached hydrogens (tertiary/aromatic N) is 2. The van der Waals surface area contributed by atoms with Gasteiger partial charge in [-0.3, -0.25) is 19.7 Å². The molecule has 8 nitrogen and oxygen atoms in total. The van der Waals surface area contributed by atoms with E-state index < -0.39 is 10.8 Å². The molecule has 0 spiro atoms. The zero-order valence-corrected chi connectivity index (χ0v) is 15.4. The lowest BCUT2D eigenvalue weighted by Crippen LogP contribution is -2.19. The summed E-state index contributed by atoms with van der Waals surface area (Å²) in [7, 11) is 0. The second-order valence-electron chi connectivity index (χ2n) is 5.89. The van der Waals surface area contributed by atoms with Crippen molar-refractivity contribution in [3.05, 3.63) is 68.7 Å². The van der Waals surface area contributed by atoms with E-state index in [1.807, 2.05) is 0 Å². The molecular formula is C18H17ClN4O4. The lowest BCUT2D eigenvalue weighted by molar-refractivity contribution is -0.384. The number of nitro benzene ring substituents is 1. The highest BCUT2D eigenvalue weighted by molar-refractivity contribution is 6.32. The first-order valence-electron chi connectivity index (χ1n) is 7.96. The Morgan fingerprint density at radius 2 is 1.85 bits per heavy atom. The lowest BCUT2D eigenvalue weighted by Gasteiger charge is -2.08. The number of hydrogen-bond donors (Lipinski definition) is 2. The summed E-state index contributed by atoms with van der Waals surface area (Å²) in [5.74, 6) is -0.726. The molecule has 0 unspecified atom stereocenters. The fraction of sp³-hybridized carbons (Fsp3) is 0.167. The van der Waals surface area contributed by atoms with Gasteiger partial charge in [0.05, 0.1) is 11.1 Å². The monoisotopic (exact) mass is 388 g/mol. The van der Waals surface area contributed by atoms with E-state index in [0.29, 0.717) is 16.8 Å². The number of rotatable bonds is 6. The quantitative estimate of drug-likeness (QED) is 0.447. The molecule has 0 saturated heterocycles. The molecule has 0 bridgehead atoms. The highest BCUT2D eigenvalue weighted by Crippen LogP contribution is 2.24. The van der Waals surface area contributed by atoms with Crippen LogP contribution in [0.2, 0.25) is 5.02 Å². The first kappa shape index (κ1) is 20.1. The van der Waals surface area contributed by atoms with E-state index in [1.165, 1.54) is 24.4 Å². The van der Waals surface area contributed by atoms with Gasteiger partial charge in [-0.25, -0.2) is 5.43 Å². The first-order valence-corrected chi connectivity index (χ1v) is 8.34. The van der Waals surface area contributed by atoms with Crippen LogP contribution in [0, 0.1) is 16.0 Å². The molecular weight excluding hydrogens is 372 g/mol. The molecule has 0 fully saturated rings. The summed E-state index contributed by atoms with van der Waals surface area (Å²) >= 11 is 5.74. The van der Waals surface area contributed by atoms with Gasteiger partial charge in [0.15, 0.2) is 0 Å². The fourth-order valence-corrected chi connectivity index (χ4v) is 2.16. The van der Waals surface area contributed by atoms with Gasteiger partial charge < -0.3 is 5.32 Å². The molecule has 27 heavy (non-hydrogen) atoms. The Labute approximate surface area is 160 Å². The van der Waals surface area contributed by atoms with E-state index in [2.05, 4.69) is 15.8 Å². The second kappa shape index (κ2) is 8.91. The van der Waals surface area contributed by atoms with Gasteiger partial charge >= 0.3 is 0 Å². The summed E-state index contributed by atoms with van der Waals surface area (Å²) in [5, 5.41) is 17.4. The van der Waals surface area contributed by atoms with Gasteiger partial charge in [0.2, 0.25) is 5.91 Å². The minimum Gasteiger partial charge on any atom is -0.326 e. The van der Waals surface area contributed by atoms with Crippen LogP contribution >= 0.6 is 11.6 Å². The molecule has 0 aliphatic carbocycles. The molecule has 140 valence electrons. The smallest absolute Gasteiger partial charge is 0.288 e. The predicted octanol–water partition coefficient (Wildman–Crippen LogP) is 3.61. The number of amides is 2. The van der Waals surface area contributed by atoms with Crippen LogP contribution in [0.15, 0.2) is 47.6 Å². The Hall–Kier alpha value is -3.26. The van der Waals surface area contributed by atoms with E-state index in [9.17, 15) is 19.7 Å². The van der Waals surface area contributed by atoms with Crippen molar-refractivity contribution >= 4 is 41.0 Å². The van der Waals surface area contributed by atoms with Crippen LogP contribution in [-0.2, 0) is 4.79 Å². The number of hydrazone groups is 1. The third kappa shape index (κ3) is 5.61. The molecule has 0 saturated carbocycles. The summed E-state index contributed by atoms with van der Waals surface area (Å²) in [5.41, 5.74) is 3.43. The number of carbonyl (C=O) groups is 2. The summed E-state index contributed by atoms with van der Waals surface area (Å²) < 4.78 is 0. The standard InChI is InChI=1S/C18H17ClN4O4/c1-11(2)17(24)21-14-6-4-13(5-7-14)18(25)22-20-10-12-3-8-15(19)16(9-12)23(26)27/h3-11H,1-2H3,(H,21,24)(H,22,25). The first-order chi connectivity index (χ1) is 12.8. The molecule has 0 aliphatic heterocycles. The number of nitro groups is 1. The minimum atomic E-state index is -0.599. The van der Waals surface area contributed by atoms with Gasteiger partial charge in [-0.2, -0.15) is 5.10 Å². The topological polar surface area (TPSA) is 114 Å². The highest BCUT2D eigenvalue weighted by Gasteiger charge is 2.12. The van der Waals surface area contributed by atoms with E-state index in [4.69, 9.17) is 11.6 Å². The van der Waals surface area contributed by atoms with Gasteiger partial charge in [0, 0.05) is 28.8 Å². The summed E-state index contributed by atoms with van der Waals surface area (Å²) in [6.45, 7) is 3.56. The largest absolute Gasteiger partial charge is 0.326 e. The lowest BCUT2D eigenvalue weighted by atomic mass is 10.1. The Bertz CT molecular complexity index is 895. The molecule has 2 N–H and O–H groups in total.